The molecule has 1 fully saturated rings. The monoisotopic (exact) mass is 261 g/mol. The summed E-state index contributed by atoms with van der Waals surface area (Å²) in [5.41, 5.74) is 1.34. The molecule has 3 unspecified atom stereocenters. The summed E-state index contributed by atoms with van der Waals surface area (Å²) in [4.78, 5) is 0. The molecule has 0 saturated heterocycles. The van der Waals surface area contributed by atoms with Crippen molar-refractivity contribution in [3.63, 3.8) is 0 Å². The van der Waals surface area contributed by atoms with Gasteiger partial charge in [-0.15, -0.1) is 0 Å². The third kappa shape index (κ3) is 4.24. The molecule has 19 heavy (non-hydrogen) atoms. The molecular formula is C17H27NO. The van der Waals surface area contributed by atoms with Gasteiger partial charge in [0.05, 0.1) is 6.10 Å². The maximum absolute atomic E-state index is 5.68. The third-order valence-electron chi connectivity index (χ3n) is 3.93. The smallest absolute Gasteiger partial charge is 0.119 e. The van der Waals surface area contributed by atoms with Crippen LogP contribution in [0.2, 0.25) is 0 Å². The lowest BCUT2D eigenvalue weighted by molar-refractivity contribution is 0.242. The van der Waals surface area contributed by atoms with Gasteiger partial charge in [-0.25, -0.2) is 0 Å². The van der Waals surface area contributed by atoms with E-state index in [0.29, 0.717) is 12.1 Å². The molecule has 0 radical (unpaired) electrons. The largest absolute Gasteiger partial charge is 0.491 e. The van der Waals surface area contributed by atoms with Gasteiger partial charge in [0, 0.05) is 12.1 Å². The first-order chi connectivity index (χ1) is 9.04. The van der Waals surface area contributed by atoms with Crippen LogP contribution in [0, 0.1) is 5.92 Å². The van der Waals surface area contributed by atoms with E-state index in [1.54, 1.807) is 0 Å². The van der Waals surface area contributed by atoms with Crippen LogP contribution in [-0.4, -0.2) is 12.1 Å². The van der Waals surface area contributed by atoms with Crippen LogP contribution < -0.4 is 10.1 Å². The molecule has 0 amide bonds. The summed E-state index contributed by atoms with van der Waals surface area (Å²) < 4.78 is 5.68. The zero-order valence-electron chi connectivity index (χ0n) is 12.6. The summed E-state index contributed by atoms with van der Waals surface area (Å²) in [5, 5.41) is 3.74. The molecule has 106 valence electrons. The van der Waals surface area contributed by atoms with Crippen molar-refractivity contribution in [2.45, 2.75) is 65.1 Å². The van der Waals surface area contributed by atoms with Gasteiger partial charge in [-0.3, -0.25) is 0 Å². The van der Waals surface area contributed by atoms with Gasteiger partial charge in [-0.2, -0.15) is 0 Å². The first-order valence-corrected chi connectivity index (χ1v) is 7.57. The summed E-state index contributed by atoms with van der Waals surface area (Å²) in [5.74, 6) is 1.84. The molecule has 2 nitrogen and oxygen atoms in total. The summed E-state index contributed by atoms with van der Waals surface area (Å²) >= 11 is 0. The van der Waals surface area contributed by atoms with E-state index in [1.165, 1.54) is 24.8 Å². The lowest BCUT2D eigenvalue weighted by Crippen LogP contribution is -2.29. The van der Waals surface area contributed by atoms with Crippen molar-refractivity contribution in [3.05, 3.63) is 29.8 Å². The summed E-state index contributed by atoms with van der Waals surface area (Å²) in [7, 11) is 0. The first kappa shape index (κ1) is 14.4. The van der Waals surface area contributed by atoms with Crippen LogP contribution >= 0.6 is 0 Å². The summed E-state index contributed by atoms with van der Waals surface area (Å²) in [6.45, 7) is 8.71. The first-order valence-electron chi connectivity index (χ1n) is 7.57. The van der Waals surface area contributed by atoms with Crippen molar-refractivity contribution in [1.82, 2.24) is 5.32 Å². The minimum Gasteiger partial charge on any atom is -0.491 e. The van der Waals surface area contributed by atoms with E-state index in [9.17, 15) is 0 Å². The molecule has 0 bridgehead atoms. The Morgan fingerprint density at radius 2 is 1.79 bits per heavy atom. The Kier molecular flexibility index (Phi) is 4.87. The van der Waals surface area contributed by atoms with E-state index >= 15 is 0 Å². The van der Waals surface area contributed by atoms with Crippen LogP contribution in [0.4, 0.5) is 0 Å². The molecule has 2 heteroatoms. The summed E-state index contributed by atoms with van der Waals surface area (Å²) in [6.07, 6.45) is 4.24. The highest BCUT2D eigenvalue weighted by molar-refractivity contribution is 5.29. The van der Waals surface area contributed by atoms with E-state index in [2.05, 4.69) is 57.3 Å². The maximum Gasteiger partial charge on any atom is 0.119 e. The Morgan fingerprint density at radius 3 is 2.32 bits per heavy atom. The molecule has 0 spiro atoms. The molecule has 1 saturated carbocycles. The molecule has 1 aliphatic carbocycles. The van der Waals surface area contributed by atoms with Gasteiger partial charge in [-0.05, 0) is 63.6 Å². The summed E-state index contributed by atoms with van der Waals surface area (Å²) in [6, 6.07) is 9.61. The third-order valence-corrected chi connectivity index (χ3v) is 3.93. The van der Waals surface area contributed by atoms with Crippen LogP contribution in [0.3, 0.4) is 0 Å². The van der Waals surface area contributed by atoms with E-state index in [0.717, 1.165) is 11.7 Å². The molecule has 1 aliphatic rings. The molecule has 1 aromatic carbocycles. The van der Waals surface area contributed by atoms with Gasteiger partial charge in [0.1, 0.15) is 5.75 Å². The standard InChI is InChI=1S/C17H27NO/c1-12(2)19-17-9-6-15(7-10-17)14(4)18-16-8-5-13(3)11-16/h6-7,9-10,12-14,16,18H,5,8,11H2,1-4H3. The van der Waals surface area contributed by atoms with Crippen LogP contribution in [-0.2, 0) is 0 Å². The second kappa shape index (κ2) is 6.42. The number of hydrogen-bond acceptors (Lipinski definition) is 2. The van der Waals surface area contributed by atoms with Crippen LogP contribution in [0.5, 0.6) is 5.75 Å². The minimum atomic E-state index is 0.237. The topological polar surface area (TPSA) is 21.3 Å². The number of nitrogens with one attached hydrogen (secondary N) is 1. The van der Waals surface area contributed by atoms with E-state index in [1.807, 2.05) is 0 Å². The van der Waals surface area contributed by atoms with Crippen molar-refractivity contribution >= 4 is 0 Å². The van der Waals surface area contributed by atoms with Crippen molar-refractivity contribution in [2.24, 2.45) is 5.92 Å². The highest BCUT2D eigenvalue weighted by atomic mass is 16.5. The Bertz CT molecular complexity index is 385. The van der Waals surface area contributed by atoms with Gasteiger partial charge in [0.25, 0.3) is 0 Å². The van der Waals surface area contributed by atoms with Crippen molar-refractivity contribution < 1.29 is 4.74 Å². The van der Waals surface area contributed by atoms with E-state index in [4.69, 9.17) is 4.74 Å². The fourth-order valence-electron chi connectivity index (χ4n) is 2.92. The van der Waals surface area contributed by atoms with Gasteiger partial charge in [0.2, 0.25) is 0 Å². The molecule has 1 N–H and O–H groups in total. The van der Waals surface area contributed by atoms with Gasteiger partial charge < -0.3 is 10.1 Å². The number of benzene rings is 1. The second-order valence-electron chi connectivity index (χ2n) is 6.24. The Labute approximate surface area is 117 Å². The minimum absolute atomic E-state index is 0.237. The van der Waals surface area contributed by atoms with Gasteiger partial charge in [0.15, 0.2) is 0 Å². The number of rotatable bonds is 5. The molecule has 3 atom stereocenters. The van der Waals surface area contributed by atoms with E-state index < -0.39 is 0 Å². The van der Waals surface area contributed by atoms with Crippen LogP contribution in [0.1, 0.15) is 58.6 Å². The highest BCUT2D eigenvalue weighted by Crippen LogP contribution is 2.27. The zero-order valence-corrected chi connectivity index (χ0v) is 12.6. The van der Waals surface area contributed by atoms with E-state index in [-0.39, 0.29) is 6.10 Å². The van der Waals surface area contributed by atoms with Gasteiger partial charge >= 0.3 is 0 Å². The van der Waals surface area contributed by atoms with Crippen molar-refractivity contribution in [2.75, 3.05) is 0 Å². The normalized spacial score (nSPS) is 24.7. The molecule has 2 rings (SSSR count). The highest BCUT2D eigenvalue weighted by Gasteiger charge is 2.22. The van der Waals surface area contributed by atoms with Crippen LogP contribution in [0.25, 0.3) is 0 Å². The SMILES string of the molecule is CC1CCC(NC(C)c2ccc(OC(C)C)cc2)C1. The lowest BCUT2D eigenvalue weighted by atomic mass is 10.1. The predicted octanol–water partition coefficient (Wildman–Crippen LogP) is 4.31. The Morgan fingerprint density at radius 1 is 1.11 bits per heavy atom. The fraction of sp³-hybridized carbons (Fsp3) is 0.647. The number of ether oxygens (including phenoxy) is 1. The maximum atomic E-state index is 5.68. The Hall–Kier alpha value is -1.02. The van der Waals surface area contributed by atoms with Crippen LogP contribution in [0.15, 0.2) is 24.3 Å². The fourth-order valence-corrected chi connectivity index (χ4v) is 2.92. The second-order valence-corrected chi connectivity index (χ2v) is 6.24. The molecular weight excluding hydrogens is 234 g/mol. The average molecular weight is 261 g/mol. The molecule has 0 aliphatic heterocycles. The zero-order chi connectivity index (χ0) is 13.8. The predicted molar refractivity (Wildman–Crippen MR) is 80.6 cm³/mol. The lowest BCUT2D eigenvalue weighted by Gasteiger charge is -2.20. The molecule has 0 heterocycles. The van der Waals surface area contributed by atoms with Gasteiger partial charge in [-0.1, -0.05) is 19.1 Å². The number of hydrogen-bond donors (Lipinski definition) is 1. The molecule has 1 aromatic rings. The van der Waals surface area contributed by atoms with Crippen molar-refractivity contribution in [3.8, 4) is 5.75 Å². The average Bonchev–Trinajstić information content (AvgIpc) is 2.75. The Balaban J connectivity index is 1.90. The quantitative estimate of drug-likeness (QED) is 0.852. The van der Waals surface area contributed by atoms with Crippen molar-refractivity contribution in [1.29, 1.82) is 0 Å². The molecule has 0 aromatic heterocycles.